The van der Waals surface area contributed by atoms with E-state index in [0.29, 0.717) is 6.54 Å². The standard InChI is InChI=1S/C10H11N3O/c1-8-3-2-4-9(5-8)13-6-10(14)12-11-7-13/h2-5,7H,6H2,1H3,(H,12,14). The zero-order valence-electron chi connectivity index (χ0n) is 7.90. The van der Waals surface area contributed by atoms with Gasteiger partial charge in [-0.05, 0) is 24.6 Å². The van der Waals surface area contributed by atoms with Crippen LogP contribution in [0.2, 0.25) is 0 Å². The van der Waals surface area contributed by atoms with Crippen LogP contribution in [0.1, 0.15) is 5.56 Å². The molecule has 0 fully saturated rings. The molecule has 0 atom stereocenters. The molecule has 14 heavy (non-hydrogen) atoms. The maximum atomic E-state index is 11.1. The minimum atomic E-state index is -0.0889. The van der Waals surface area contributed by atoms with Crippen molar-refractivity contribution in [3.05, 3.63) is 29.8 Å². The second-order valence-electron chi connectivity index (χ2n) is 3.25. The number of benzene rings is 1. The highest BCUT2D eigenvalue weighted by Gasteiger charge is 2.12. The third-order valence-electron chi connectivity index (χ3n) is 2.03. The molecule has 4 nitrogen and oxygen atoms in total. The van der Waals surface area contributed by atoms with Crippen LogP contribution in [0.3, 0.4) is 0 Å². The van der Waals surface area contributed by atoms with Crippen LogP contribution in [0, 0.1) is 6.92 Å². The number of hydrazone groups is 1. The van der Waals surface area contributed by atoms with Gasteiger partial charge in [0.1, 0.15) is 12.9 Å². The Hall–Kier alpha value is -1.84. The van der Waals surface area contributed by atoms with Crippen molar-refractivity contribution in [2.24, 2.45) is 5.10 Å². The van der Waals surface area contributed by atoms with Crippen molar-refractivity contribution >= 4 is 17.9 Å². The number of hydrogen-bond acceptors (Lipinski definition) is 3. The fourth-order valence-corrected chi connectivity index (χ4v) is 1.37. The molecule has 0 aromatic heterocycles. The molecule has 0 saturated carbocycles. The molecule has 1 aromatic carbocycles. The highest BCUT2D eigenvalue weighted by atomic mass is 16.2. The summed E-state index contributed by atoms with van der Waals surface area (Å²) in [5.74, 6) is -0.0889. The van der Waals surface area contributed by atoms with Gasteiger partial charge in [-0.1, -0.05) is 12.1 Å². The summed E-state index contributed by atoms with van der Waals surface area (Å²) in [6.45, 7) is 2.34. The average molecular weight is 189 g/mol. The van der Waals surface area contributed by atoms with Crippen LogP contribution in [-0.4, -0.2) is 18.8 Å². The van der Waals surface area contributed by atoms with Crippen LogP contribution in [0.25, 0.3) is 0 Å². The number of hydrogen-bond donors (Lipinski definition) is 1. The topological polar surface area (TPSA) is 44.7 Å². The van der Waals surface area contributed by atoms with Crippen LogP contribution >= 0.6 is 0 Å². The van der Waals surface area contributed by atoms with Gasteiger partial charge in [-0.2, -0.15) is 5.10 Å². The minimum absolute atomic E-state index is 0.0889. The molecule has 1 amide bonds. The van der Waals surface area contributed by atoms with E-state index in [0.717, 1.165) is 5.69 Å². The van der Waals surface area contributed by atoms with Gasteiger partial charge < -0.3 is 4.90 Å². The Morgan fingerprint density at radius 3 is 3.07 bits per heavy atom. The van der Waals surface area contributed by atoms with Gasteiger partial charge in [-0.25, -0.2) is 5.43 Å². The first-order valence-corrected chi connectivity index (χ1v) is 4.41. The predicted molar refractivity (Wildman–Crippen MR) is 55.2 cm³/mol. The number of nitrogens with one attached hydrogen (secondary N) is 1. The van der Waals surface area contributed by atoms with Gasteiger partial charge >= 0.3 is 0 Å². The second-order valence-corrected chi connectivity index (χ2v) is 3.25. The van der Waals surface area contributed by atoms with E-state index < -0.39 is 0 Å². The number of carbonyl (C=O) groups is 1. The lowest BCUT2D eigenvalue weighted by Gasteiger charge is -2.21. The summed E-state index contributed by atoms with van der Waals surface area (Å²) in [6.07, 6.45) is 1.62. The zero-order chi connectivity index (χ0) is 9.97. The maximum Gasteiger partial charge on any atom is 0.260 e. The largest absolute Gasteiger partial charge is 0.321 e. The molecule has 2 rings (SSSR count). The summed E-state index contributed by atoms with van der Waals surface area (Å²) in [5, 5.41) is 3.75. The lowest BCUT2D eigenvalue weighted by molar-refractivity contribution is -0.119. The molecule has 1 aliphatic heterocycles. The molecule has 4 heteroatoms. The molecule has 0 aliphatic carbocycles. The van der Waals surface area contributed by atoms with E-state index >= 15 is 0 Å². The Balaban J connectivity index is 2.26. The highest BCUT2D eigenvalue weighted by Crippen LogP contribution is 2.14. The molecule has 1 aliphatic rings. The zero-order valence-corrected chi connectivity index (χ0v) is 7.90. The van der Waals surface area contributed by atoms with Gasteiger partial charge in [0.25, 0.3) is 5.91 Å². The van der Waals surface area contributed by atoms with Crippen molar-refractivity contribution in [1.29, 1.82) is 0 Å². The summed E-state index contributed by atoms with van der Waals surface area (Å²) in [6, 6.07) is 7.96. The molecule has 72 valence electrons. The number of rotatable bonds is 1. The molecule has 1 N–H and O–H groups in total. The van der Waals surface area contributed by atoms with E-state index in [1.54, 1.807) is 6.34 Å². The average Bonchev–Trinajstić information content (AvgIpc) is 2.18. The van der Waals surface area contributed by atoms with Crippen molar-refractivity contribution in [3.63, 3.8) is 0 Å². The van der Waals surface area contributed by atoms with E-state index in [4.69, 9.17) is 0 Å². The fourth-order valence-electron chi connectivity index (χ4n) is 1.37. The van der Waals surface area contributed by atoms with Gasteiger partial charge in [0.05, 0.1) is 0 Å². The lowest BCUT2D eigenvalue weighted by atomic mass is 10.2. The first-order chi connectivity index (χ1) is 6.75. The monoisotopic (exact) mass is 189 g/mol. The quantitative estimate of drug-likeness (QED) is 0.712. The van der Waals surface area contributed by atoms with E-state index in [9.17, 15) is 4.79 Å². The molecular formula is C10H11N3O. The van der Waals surface area contributed by atoms with E-state index in [1.807, 2.05) is 36.1 Å². The van der Waals surface area contributed by atoms with Gasteiger partial charge in [0.2, 0.25) is 0 Å². The summed E-state index contributed by atoms with van der Waals surface area (Å²) in [5.41, 5.74) is 4.54. The minimum Gasteiger partial charge on any atom is -0.321 e. The van der Waals surface area contributed by atoms with E-state index in [-0.39, 0.29) is 5.91 Å². The first kappa shape index (κ1) is 8.74. The highest BCUT2D eigenvalue weighted by molar-refractivity contribution is 5.93. The SMILES string of the molecule is Cc1cccc(N2C=NNC(=O)C2)c1. The predicted octanol–water partition coefficient (Wildman–Crippen LogP) is 0.875. The van der Waals surface area contributed by atoms with Crippen molar-refractivity contribution < 1.29 is 4.79 Å². The number of aryl methyl sites for hydroxylation is 1. The van der Waals surface area contributed by atoms with Gasteiger partial charge in [0.15, 0.2) is 0 Å². The number of anilines is 1. The number of nitrogens with zero attached hydrogens (tertiary/aromatic N) is 2. The molecule has 0 radical (unpaired) electrons. The normalized spacial score (nSPS) is 15.5. The maximum absolute atomic E-state index is 11.1. The summed E-state index contributed by atoms with van der Waals surface area (Å²) >= 11 is 0. The summed E-state index contributed by atoms with van der Waals surface area (Å²) < 4.78 is 0. The van der Waals surface area contributed by atoms with Crippen LogP contribution < -0.4 is 10.3 Å². The Morgan fingerprint density at radius 1 is 1.50 bits per heavy atom. The molecule has 1 aromatic rings. The van der Waals surface area contributed by atoms with Crippen LogP contribution in [-0.2, 0) is 4.79 Å². The van der Waals surface area contributed by atoms with Gasteiger partial charge in [0, 0.05) is 5.69 Å². The molecule has 0 spiro atoms. The van der Waals surface area contributed by atoms with Crippen molar-refractivity contribution in [1.82, 2.24) is 5.43 Å². The van der Waals surface area contributed by atoms with Crippen molar-refractivity contribution in [2.45, 2.75) is 6.92 Å². The van der Waals surface area contributed by atoms with Crippen LogP contribution in [0.5, 0.6) is 0 Å². The van der Waals surface area contributed by atoms with E-state index in [1.165, 1.54) is 5.56 Å². The molecule has 0 saturated heterocycles. The Bertz CT molecular complexity index is 387. The Morgan fingerprint density at radius 2 is 2.36 bits per heavy atom. The van der Waals surface area contributed by atoms with Crippen LogP contribution in [0.4, 0.5) is 5.69 Å². The Labute approximate surface area is 82.2 Å². The van der Waals surface area contributed by atoms with Crippen LogP contribution in [0.15, 0.2) is 29.4 Å². The number of amides is 1. The van der Waals surface area contributed by atoms with E-state index in [2.05, 4.69) is 10.5 Å². The molecule has 0 bridgehead atoms. The fraction of sp³-hybridized carbons (Fsp3) is 0.200. The lowest BCUT2D eigenvalue weighted by Crippen LogP contribution is -2.39. The smallest absolute Gasteiger partial charge is 0.260 e. The third kappa shape index (κ3) is 1.74. The first-order valence-electron chi connectivity index (χ1n) is 4.41. The Kier molecular flexibility index (Phi) is 2.18. The molecule has 1 heterocycles. The van der Waals surface area contributed by atoms with Gasteiger partial charge in [-0.3, -0.25) is 4.79 Å². The summed E-state index contributed by atoms with van der Waals surface area (Å²) in [4.78, 5) is 12.9. The second kappa shape index (κ2) is 3.49. The molecule has 0 unspecified atom stereocenters. The summed E-state index contributed by atoms with van der Waals surface area (Å²) in [7, 11) is 0. The van der Waals surface area contributed by atoms with Gasteiger partial charge in [-0.15, -0.1) is 0 Å². The molecular weight excluding hydrogens is 178 g/mol. The third-order valence-corrected chi connectivity index (χ3v) is 2.03. The van der Waals surface area contributed by atoms with Crippen molar-refractivity contribution in [2.75, 3.05) is 11.4 Å². The van der Waals surface area contributed by atoms with Crippen molar-refractivity contribution in [3.8, 4) is 0 Å². The number of carbonyl (C=O) groups excluding carboxylic acids is 1.